The summed E-state index contributed by atoms with van der Waals surface area (Å²) in [5.74, 6) is -5.04. The van der Waals surface area contributed by atoms with Crippen LogP contribution in [-0.4, -0.2) is 40.1 Å². The number of amides is 1. The molecule has 0 spiro atoms. The van der Waals surface area contributed by atoms with E-state index in [2.05, 4.69) is 21.7 Å². The van der Waals surface area contributed by atoms with Crippen molar-refractivity contribution >= 4 is 46.4 Å². The zero-order valence-corrected chi connectivity index (χ0v) is 24.7. The number of carbonyl (C=O) groups is 2. The van der Waals surface area contributed by atoms with Crippen LogP contribution in [0.4, 0.5) is 8.78 Å². The minimum atomic E-state index is -1.82. The molecule has 2 aromatic carbocycles. The molecule has 1 aromatic heterocycles. The second-order valence-corrected chi connectivity index (χ2v) is 12.8. The quantitative estimate of drug-likeness (QED) is 0.290. The van der Waals surface area contributed by atoms with Crippen LogP contribution in [0, 0.1) is 28.4 Å². The SMILES string of the molecule is CC(C)(C)C[C@@H]1N[C@@H](C(=O)NC(Cc2cscn2)C(=O)O)[C@H](c2cccc(Cl)c2F)[C@@]1(C#N)c1ccc(Cl)cc1F. The van der Waals surface area contributed by atoms with Crippen molar-refractivity contribution in [1.29, 1.82) is 5.26 Å². The first-order valence-electron chi connectivity index (χ1n) is 12.8. The Labute approximate surface area is 250 Å². The maximum Gasteiger partial charge on any atom is 0.326 e. The van der Waals surface area contributed by atoms with Gasteiger partial charge in [-0.05, 0) is 35.6 Å². The highest BCUT2D eigenvalue weighted by Crippen LogP contribution is 2.52. The average Bonchev–Trinajstić information content (AvgIpc) is 3.51. The molecule has 2 heterocycles. The van der Waals surface area contributed by atoms with Crippen molar-refractivity contribution in [3.05, 3.63) is 85.8 Å². The second kappa shape index (κ2) is 12.0. The lowest BCUT2D eigenvalue weighted by molar-refractivity contribution is -0.142. The molecule has 5 atom stereocenters. The van der Waals surface area contributed by atoms with E-state index in [9.17, 15) is 20.0 Å². The standard InChI is InChI=1S/C29H28Cl2F2N4O3S/c1-28(2,3)11-22-29(13-34,18-8-7-15(30)9-20(18)32)23(17-5-4-6-19(31)24(17)33)25(37-22)26(38)36-21(27(39)40)10-16-12-41-14-35-16/h4-9,12,14,21-23,25,37H,10-11H2,1-3H3,(H,36,38)(H,39,40)/t21?,22-,23-,25+,29-/m0/s1. The van der Waals surface area contributed by atoms with Gasteiger partial charge in [-0.3, -0.25) is 4.79 Å². The maximum atomic E-state index is 15.7. The summed E-state index contributed by atoms with van der Waals surface area (Å²) in [5.41, 5.74) is -0.361. The van der Waals surface area contributed by atoms with Crippen LogP contribution in [0.3, 0.4) is 0 Å². The Morgan fingerprint density at radius 1 is 1.27 bits per heavy atom. The third kappa shape index (κ3) is 6.24. The van der Waals surface area contributed by atoms with Gasteiger partial charge in [-0.1, -0.05) is 62.2 Å². The molecule has 0 radical (unpaired) electrons. The van der Waals surface area contributed by atoms with E-state index in [1.165, 1.54) is 41.7 Å². The molecule has 1 aliphatic heterocycles. The van der Waals surface area contributed by atoms with Crippen LogP contribution < -0.4 is 10.6 Å². The van der Waals surface area contributed by atoms with E-state index in [1.54, 1.807) is 10.9 Å². The van der Waals surface area contributed by atoms with Gasteiger partial charge in [0.05, 0.1) is 28.3 Å². The van der Waals surface area contributed by atoms with Crippen molar-refractivity contribution in [1.82, 2.24) is 15.6 Å². The molecule has 216 valence electrons. The lowest BCUT2D eigenvalue weighted by Gasteiger charge is -2.37. The molecule has 1 saturated heterocycles. The first-order chi connectivity index (χ1) is 19.3. The zero-order valence-electron chi connectivity index (χ0n) is 22.4. The van der Waals surface area contributed by atoms with Gasteiger partial charge in [0.15, 0.2) is 0 Å². The topological polar surface area (TPSA) is 115 Å². The summed E-state index contributed by atoms with van der Waals surface area (Å²) in [5, 5.41) is 28.0. The van der Waals surface area contributed by atoms with Gasteiger partial charge < -0.3 is 15.7 Å². The molecule has 12 heteroatoms. The van der Waals surface area contributed by atoms with Crippen molar-refractivity contribution in [3.8, 4) is 6.07 Å². The van der Waals surface area contributed by atoms with Crippen LogP contribution in [-0.2, 0) is 21.4 Å². The number of carbonyl (C=O) groups excluding carboxylic acids is 1. The van der Waals surface area contributed by atoms with Crippen LogP contribution >= 0.6 is 34.5 Å². The molecule has 0 aliphatic carbocycles. The number of nitrogens with zero attached hydrogens (tertiary/aromatic N) is 2. The van der Waals surface area contributed by atoms with Crippen LogP contribution in [0.2, 0.25) is 10.0 Å². The Morgan fingerprint density at radius 2 is 2.00 bits per heavy atom. The Balaban J connectivity index is 1.91. The van der Waals surface area contributed by atoms with Gasteiger partial charge in [-0.15, -0.1) is 11.3 Å². The van der Waals surface area contributed by atoms with E-state index < -0.39 is 58.4 Å². The molecule has 0 bridgehead atoms. The number of thiazole rings is 1. The minimum absolute atomic E-state index is 0.0666. The minimum Gasteiger partial charge on any atom is -0.480 e. The van der Waals surface area contributed by atoms with Crippen molar-refractivity contribution in [2.45, 2.75) is 63.1 Å². The number of rotatable bonds is 8. The molecule has 7 nitrogen and oxygen atoms in total. The number of nitrogens with one attached hydrogen (secondary N) is 2. The fourth-order valence-electron chi connectivity index (χ4n) is 5.57. The van der Waals surface area contributed by atoms with Gasteiger partial charge in [0, 0.05) is 34.3 Å². The molecule has 3 N–H and O–H groups in total. The largest absolute Gasteiger partial charge is 0.480 e. The van der Waals surface area contributed by atoms with E-state index in [-0.39, 0.29) is 34.0 Å². The smallest absolute Gasteiger partial charge is 0.326 e. The fourth-order valence-corrected chi connectivity index (χ4v) is 6.48. The summed E-state index contributed by atoms with van der Waals surface area (Å²) in [6.07, 6.45) is 0.195. The molecule has 1 aliphatic rings. The van der Waals surface area contributed by atoms with E-state index in [0.29, 0.717) is 5.69 Å². The van der Waals surface area contributed by atoms with E-state index in [0.717, 1.165) is 6.07 Å². The van der Waals surface area contributed by atoms with E-state index in [1.807, 2.05) is 20.8 Å². The van der Waals surface area contributed by atoms with Gasteiger partial charge in [-0.2, -0.15) is 5.26 Å². The summed E-state index contributed by atoms with van der Waals surface area (Å²) < 4.78 is 31.4. The highest BCUT2D eigenvalue weighted by Gasteiger charge is 2.61. The predicted molar refractivity (Wildman–Crippen MR) is 153 cm³/mol. The van der Waals surface area contributed by atoms with Crippen LogP contribution in [0.25, 0.3) is 0 Å². The third-order valence-corrected chi connectivity index (χ3v) is 8.41. The van der Waals surface area contributed by atoms with Gasteiger partial charge >= 0.3 is 5.97 Å². The number of halogens is 4. The lowest BCUT2D eigenvalue weighted by atomic mass is 9.62. The Kier molecular flexibility index (Phi) is 9.04. The van der Waals surface area contributed by atoms with Gasteiger partial charge in [0.2, 0.25) is 5.91 Å². The normalized spacial score (nSPS) is 23.1. The number of aliphatic carboxylic acids is 1. The molecule has 3 aromatic rings. The molecule has 0 saturated carbocycles. The predicted octanol–water partition coefficient (Wildman–Crippen LogP) is 5.86. The number of hydrogen-bond acceptors (Lipinski definition) is 6. The number of benzene rings is 2. The number of aromatic nitrogens is 1. The molecule has 4 rings (SSSR count). The highest BCUT2D eigenvalue weighted by molar-refractivity contribution is 7.07. The average molecular weight is 622 g/mol. The molecular weight excluding hydrogens is 593 g/mol. The fraction of sp³-hybridized carbons (Fsp3) is 0.379. The summed E-state index contributed by atoms with van der Waals surface area (Å²) in [7, 11) is 0. The van der Waals surface area contributed by atoms with Crippen LogP contribution in [0.15, 0.2) is 47.3 Å². The van der Waals surface area contributed by atoms with Gasteiger partial charge in [-0.25, -0.2) is 18.6 Å². The number of nitriles is 1. The monoisotopic (exact) mass is 620 g/mol. The summed E-state index contributed by atoms with van der Waals surface area (Å²) in [6, 6.07) is 6.79. The first kappa shape index (κ1) is 30.8. The van der Waals surface area contributed by atoms with Crippen LogP contribution in [0.5, 0.6) is 0 Å². The third-order valence-electron chi connectivity index (χ3n) is 7.24. The van der Waals surface area contributed by atoms with Crippen LogP contribution in [0.1, 0.15) is 49.9 Å². The number of carboxylic acid groups (broad SMARTS) is 1. The first-order valence-corrected chi connectivity index (χ1v) is 14.5. The Bertz CT molecular complexity index is 1490. The Hall–Kier alpha value is -3.10. The molecule has 1 unspecified atom stereocenters. The number of hydrogen-bond donors (Lipinski definition) is 3. The second-order valence-electron chi connectivity index (χ2n) is 11.3. The molecule has 1 fully saturated rings. The molecule has 1 amide bonds. The Morgan fingerprint density at radius 3 is 2.59 bits per heavy atom. The van der Waals surface area contributed by atoms with Gasteiger partial charge in [0.25, 0.3) is 0 Å². The molecular formula is C29H28Cl2F2N4O3S. The summed E-state index contributed by atoms with van der Waals surface area (Å²) >= 11 is 13.5. The van der Waals surface area contributed by atoms with Crippen molar-refractivity contribution in [2.75, 3.05) is 0 Å². The van der Waals surface area contributed by atoms with E-state index >= 15 is 8.78 Å². The maximum absolute atomic E-state index is 15.7. The van der Waals surface area contributed by atoms with Crippen molar-refractivity contribution in [2.24, 2.45) is 5.41 Å². The van der Waals surface area contributed by atoms with Crippen molar-refractivity contribution < 1.29 is 23.5 Å². The summed E-state index contributed by atoms with van der Waals surface area (Å²) in [6.45, 7) is 5.77. The zero-order chi connectivity index (χ0) is 30.1. The van der Waals surface area contributed by atoms with Gasteiger partial charge in [0.1, 0.15) is 23.1 Å². The van der Waals surface area contributed by atoms with E-state index in [4.69, 9.17) is 23.2 Å². The summed E-state index contributed by atoms with van der Waals surface area (Å²) in [4.78, 5) is 30.1. The molecule has 41 heavy (non-hydrogen) atoms. The van der Waals surface area contributed by atoms with Crippen molar-refractivity contribution in [3.63, 3.8) is 0 Å². The number of carboxylic acids is 1. The lowest BCUT2D eigenvalue weighted by Crippen LogP contribution is -2.51. The highest BCUT2D eigenvalue weighted by atomic mass is 35.5.